The standard InChI is InChI=1S/C24H38O4/c1-17-8-7-9-22-23(17,5)13-10-18(2)24(22,6)14-11-21(16-28-20(4)26)12-15-27-19(3)25/h11,18,22H,1,7-10,12-16H2,2-6H3/b21-11-/t18-,22+,23+,24+/m1/s1. The Morgan fingerprint density at radius 2 is 1.86 bits per heavy atom. The van der Waals surface area contributed by atoms with Crippen molar-refractivity contribution in [1.82, 2.24) is 0 Å². The zero-order chi connectivity index (χ0) is 20.9. The van der Waals surface area contributed by atoms with Gasteiger partial charge in [0.15, 0.2) is 0 Å². The van der Waals surface area contributed by atoms with E-state index >= 15 is 0 Å². The number of carbonyl (C=O) groups excluding carboxylic acids is 2. The van der Waals surface area contributed by atoms with Crippen LogP contribution in [0.25, 0.3) is 0 Å². The van der Waals surface area contributed by atoms with Crippen molar-refractivity contribution in [2.45, 2.75) is 79.6 Å². The van der Waals surface area contributed by atoms with E-state index in [1.807, 2.05) is 0 Å². The first kappa shape index (κ1) is 22.7. The molecular weight excluding hydrogens is 352 g/mol. The van der Waals surface area contributed by atoms with E-state index in [1.165, 1.54) is 45.1 Å². The molecule has 2 aliphatic rings. The maximum atomic E-state index is 11.3. The second kappa shape index (κ2) is 9.28. The van der Waals surface area contributed by atoms with Crippen molar-refractivity contribution >= 4 is 11.9 Å². The van der Waals surface area contributed by atoms with Crippen molar-refractivity contribution in [3.05, 3.63) is 23.8 Å². The molecule has 0 aliphatic heterocycles. The third kappa shape index (κ3) is 5.07. The minimum absolute atomic E-state index is 0.194. The van der Waals surface area contributed by atoms with E-state index in [4.69, 9.17) is 9.47 Å². The molecule has 0 spiro atoms. The third-order valence-corrected chi connectivity index (χ3v) is 7.59. The first-order chi connectivity index (χ1) is 13.1. The SMILES string of the molecule is C=C1CCC[C@@H]2[C@@](C)(C/C=C(/CCOC(C)=O)COC(C)=O)[C@H](C)CC[C@@]12C. The van der Waals surface area contributed by atoms with Crippen molar-refractivity contribution < 1.29 is 19.1 Å². The van der Waals surface area contributed by atoms with Crippen LogP contribution in [0.3, 0.4) is 0 Å². The van der Waals surface area contributed by atoms with Crippen LogP contribution in [0.5, 0.6) is 0 Å². The average molecular weight is 391 g/mol. The molecule has 0 amide bonds. The smallest absolute Gasteiger partial charge is 0.302 e. The molecule has 0 aromatic rings. The Labute approximate surface area is 170 Å². The molecule has 2 rings (SSSR count). The Bertz CT molecular complexity index is 635. The highest BCUT2D eigenvalue weighted by atomic mass is 16.5. The summed E-state index contributed by atoms with van der Waals surface area (Å²) in [5, 5.41) is 0. The van der Waals surface area contributed by atoms with Crippen LogP contribution in [0.4, 0.5) is 0 Å². The van der Waals surface area contributed by atoms with Gasteiger partial charge in [0.1, 0.15) is 6.61 Å². The summed E-state index contributed by atoms with van der Waals surface area (Å²) in [7, 11) is 0. The number of carbonyl (C=O) groups is 2. The van der Waals surface area contributed by atoms with Gasteiger partial charge < -0.3 is 9.47 Å². The van der Waals surface area contributed by atoms with E-state index in [1.54, 1.807) is 0 Å². The van der Waals surface area contributed by atoms with E-state index in [9.17, 15) is 9.59 Å². The van der Waals surface area contributed by atoms with Gasteiger partial charge in [-0.1, -0.05) is 39.0 Å². The summed E-state index contributed by atoms with van der Waals surface area (Å²) < 4.78 is 10.3. The molecular formula is C24H38O4. The quantitative estimate of drug-likeness (QED) is 0.418. The second-order valence-electron chi connectivity index (χ2n) is 9.35. The number of allylic oxidation sites excluding steroid dienone is 2. The van der Waals surface area contributed by atoms with Gasteiger partial charge >= 0.3 is 11.9 Å². The Morgan fingerprint density at radius 3 is 2.50 bits per heavy atom. The summed E-state index contributed by atoms with van der Waals surface area (Å²) in [5.41, 5.74) is 2.90. The minimum Gasteiger partial charge on any atom is -0.466 e. The summed E-state index contributed by atoms with van der Waals surface area (Å²) in [5.74, 6) is 0.698. The Morgan fingerprint density at radius 1 is 1.18 bits per heavy atom. The number of fused-ring (bicyclic) bond motifs is 1. The zero-order valence-corrected chi connectivity index (χ0v) is 18.4. The van der Waals surface area contributed by atoms with Crippen molar-refractivity contribution in [3.8, 4) is 0 Å². The predicted octanol–water partition coefficient (Wildman–Crippen LogP) is 5.62. The molecule has 0 aromatic carbocycles. The minimum atomic E-state index is -0.285. The molecule has 4 nitrogen and oxygen atoms in total. The largest absolute Gasteiger partial charge is 0.466 e. The predicted molar refractivity (Wildman–Crippen MR) is 112 cm³/mol. The zero-order valence-electron chi connectivity index (χ0n) is 18.4. The van der Waals surface area contributed by atoms with Crippen molar-refractivity contribution in [3.63, 3.8) is 0 Å². The summed E-state index contributed by atoms with van der Waals surface area (Å²) >= 11 is 0. The van der Waals surface area contributed by atoms with Gasteiger partial charge in [0.2, 0.25) is 0 Å². The van der Waals surface area contributed by atoms with Gasteiger partial charge in [0.05, 0.1) is 6.61 Å². The highest BCUT2D eigenvalue weighted by Gasteiger charge is 2.53. The molecule has 2 aliphatic carbocycles. The third-order valence-electron chi connectivity index (χ3n) is 7.59. The molecule has 2 saturated carbocycles. The fourth-order valence-electron chi connectivity index (χ4n) is 5.43. The maximum Gasteiger partial charge on any atom is 0.302 e. The van der Waals surface area contributed by atoms with Gasteiger partial charge in [0, 0.05) is 20.3 Å². The van der Waals surface area contributed by atoms with Crippen LogP contribution in [-0.4, -0.2) is 25.2 Å². The molecule has 0 bridgehead atoms. The molecule has 28 heavy (non-hydrogen) atoms. The number of hydrogen-bond acceptors (Lipinski definition) is 4. The van der Waals surface area contributed by atoms with Crippen molar-refractivity contribution in [1.29, 1.82) is 0 Å². The maximum absolute atomic E-state index is 11.3. The van der Waals surface area contributed by atoms with Crippen LogP contribution in [0.1, 0.15) is 79.6 Å². The molecule has 0 aromatic heterocycles. The number of rotatable bonds is 7. The normalized spacial score (nSPS) is 33.2. The van der Waals surface area contributed by atoms with Crippen LogP contribution in [-0.2, 0) is 19.1 Å². The lowest BCUT2D eigenvalue weighted by Gasteiger charge is -2.58. The lowest BCUT2D eigenvalue weighted by molar-refractivity contribution is -0.142. The first-order valence-electron chi connectivity index (χ1n) is 10.7. The number of ether oxygens (including phenoxy) is 2. The van der Waals surface area contributed by atoms with Gasteiger partial charge in [0.25, 0.3) is 0 Å². The van der Waals surface area contributed by atoms with Crippen LogP contribution in [0.2, 0.25) is 0 Å². The van der Waals surface area contributed by atoms with Crippen molar-refractivity contribution in [2.75, 3.05) is 13.2 Å². The van der Waals surface area contributed by atoms with E-state index in [0.717, 1.165) is 18.4 Å². The molecule has 158 valence electrons. The van der Waals surface area contributed by atoms with Gasteiger partial charge in [-0.2, -0.15) is 0 Å². The van der Waals surface area contributed by atoms with E-state index in [2.05, 4.69) is 33.4 Å². The Hall–Kier alpha value is -1.58. The van der Waals surface area contributed by atoms with E-state index in [-0.39, 0.29) is 29.4 Å². The molecule has 2 fully saturated rings. The van der Waals surface area contributed by atoms with Crippen LogP contribution >= 0.6 is 0 Å². The lowest BCUT2D eigenvalue weighted by atomic mass is 9.46. The van der Waals surface area contributed by atoms with Crippen LogP contribution < -0.4 is 0 Å². The summed E-state index contributed by atoms with van der Waals surface area (Å²) in [6, 6.07) is 0. The summed E-state index contributed by atoms with van der Waals surface area (Å²) in [4.78, 5) is 22.4. The molecule has 4 atom stereocenters. The molecule has 0 unspecified atom stereocenters. The Kier molecular flexibility index (Phi) is 7.52. The number of hydrogen-bond donors (Lipinski definition) is 0. The molecule has 0 saturated heterocycles. The second-order valence-corrected chi connectivity index (χ2v) is 9.35. The van der Waals surface area contributed by atoms with Crippen LogP contribution in [0, 0.1) is 22.7 Å². The first-order valence-corrected chi connectivity index (χ1v) is 10.7. The summed E-state index contributed by atoms with van der Waals surface area (Å²) in [6.07, 6.45) is 9.92. The Balaban J connectivity index is 2.19. The number of esters is 2. The van der Waals surface area contributed by atoms with E-state index < -0.39 is 0 Å². The fraction of sp³-hybridized carbons (Fsp3) is 0.750. The average Bonchev–Trinajstić information content (AvgIpc) is 2.62. The van der Waals surface area contributed by atoms with Gasteiger partial charge in [-0.15, -0.1) is 0 Å². The van der Waals surface area contributed by atoms with Crippen molar-refractivity contribution in [2.24, 2.45) is 22.7 Å². The van der Waals surface area contributed by atoms with Crippen LogP contribution in [0.15, 0.2) is 23.8 Å². The van der Waals surface area contributed by atoms with Gasteiger partial charge in [-0.3, -0.25) is 9.59 Å². The fourth-order valence-corrected chi connectivity index (χ4v) is 5.43. The monoisotopic (exact) mass is 390 g/mol. The molecule has 0 radical (unpaired) electrons. The topological polar surface area (TPSA) is 52.6 Å². The lowest BCUT2D eigenvalue weighted by Crippen LogP contribution is -2.50. The summed E-state index contributed by atoms with van der Waals surface area (Å²) in [6.45, 7) is 15.1. The van der Waals surface area contributed by atoms with E-state index in [0.29, 0.717) is 24.9 Å². The highest BCUT2D eigenvalue weighted by molar-refractivity contribution is 5.66. The van der Waals surface area contributed by atoms with Gasteiger partial charge in [-0.05, 0) is 66.8 Å². The molecule has 0 heterocycles. The molecule has 4 heteroatoms. The molecule has 0 N–H and O–H groups in total. The van der Waals surface area contributed by atoms with Gasteiger partial charge in [-0.25, -0.2) is 0 Å². The highest BCUT2D eigenvalue weighted by Crippen LogP contribution is 2.62.